The summed E-state index contributed by atoms with van der Waals surface area (Å²) in [6.45, 7) is 2.33. The second kappa shape index (κ2) is 7.34. The summed E-state index contributed by atoms with van der Waals surface area (Å²) in [5.74, 6) is 0.695. The van der Waals surface area contributed by atoms with Crippen LogP contribution in [-0.2, 0) is 16.0 Å². The smallest absolute Gasteiger partial charge is 0.224 e. The van der Waals surface area contributed by atoms with Crippen LogP contribution in [-0.4, -0.2) is 30.4 Å². The van der Waals surface area contributed by atoms with Gasteiger partial charge in [0, 0.05) is 43.3 Å². The van der Waals surface area contributed by atoms with Gasteiger partial charge in [0.2, 0.25) is 11.8 Å². The van der Waals surface area contributed by atoms with E-state index < -0.39 is 0 Å². The third-order valence-corrected chi connectivity index (χ3v) is 5.68. The summed E-state index contributed by atoms with van der Waals surface area (Å²) in [6, 6.07) is 7.12. The summed E-state index contributed by atoms with van der Waals surface area (Å²) in [4.78, 5) is 25.8. The van der Waals surface area contributed by atoms with E-state index in [1.54, 1.807) is 11.8 Å². The topological polar surface area (TPSA) is 61.4 Å². The van der Waals surface area contributed by atoms with E-state index in [2.05, 4.69) is 10.6 Å². The quantitative estimate of drug-likeness (QED) is 0.868. The lowest BCUT2D eigenvalue weighted by atomic mass is 9.89. The van der Waals surface area contributed by atoms with Gasteiger partial charge in [-0.2, -0.15) is 0 Å². The molecule has 3 heterocycles. The Kier molecular flexibility index (Phi) is 5.35. The molecule has 1 aromatic carbocycles. The minimum absolute atomic E-state index is 0. The first kappa shape index (κ1) is 18.2. The Bertz CT molecular complexity index is 667. The van der Waals surface area contributed by atoms with Crippen LogP contribution in [0.2, 0.25) is 0 Å². The van der Waals surface area contributed by atoms with Crippen LogP contribution in [0.3, 0.4) is 0 Å². The van der Waals surface area contributed by atoms with Crippen LogP contribution in [0.15, 0.2) is 18.2 Å². The summed E-state index contributed by atoms with van der Waals surface area (Å²) < 4.78 is 0. The zero-order valence-corrected chi connectivity index (χ0v) is 15.4. The van der Waals surface area contributed by atoms with Crippen LogP contribution in [0, 0.1) is 5.92 Å². The minimum Gasteiger partial charge on any atom is -0.326 e. The summed E-state index contributed by atoms with van der Waals surface area (Å²) >= 11 is 0. The minimum atomic E-state index is 0. The van der Waals surface area contributed by atoms with Gasteiger partial charge >= 0.3 is 0 Å². The molecular formula is C19H26ClN3O2. The molecule has 2 bridgehead atoms. The molecule has 2 atom stereocenters. The highest BCUT2D eigenvalue weighted by molar-refractivity contribution is 5.95. The average molecular weight is 364 g/mol. The molecule has 0 radical (unpaired) electrons. The fraction of sp³-hybridized carbons (Fsp3) is 0.579. The highest BCUT2D eigenvalue weighted by Crippen LogP contribution is 2.33. The van der Waals surface area contributed by atoms with Gasteiger partial charge in [-0.25, -0.2) is 0 Å². The van der Waals surface area contributed by atoms with E-state index in [-0.39, 0.29) is 24.2 Å². The molecule has 5 nitrogen and oxygen atoms in total. The first-order valence-electron chi connectivity index (χ1n) is 9.05. The molecule has 2 N–H and O–H groups in total. The lowest BCUT2D eigenvalue weighted by Gasteiger charge is -2.28. The van der Waals surface area contributed by atoms with Gasteiger partial charge in [0.1, 0.15) is 0 Å². The molecule has 0 spiro atoms. The van der Waals surface area contributed by atoms with Gasteiger partial charge in [0.15, 0.2) is 0 Å². The fourth-order valence-electron chi connectivity index (χ4n) is 4.62. The van der Waals surface area contributed by atoms with E-state index in [1.807, 2.05) is 18.2 Å². The van der Waals surface area contributed by atoms with Crippen molar-refractivity contribution in [2.45, 2.75) is 57.5 Å². The van der Waals surface area contributed by atoms with E-state index in [9.17, 15) is 9.59 Å². The van der Waals surface area contributed by atoms with Gasteiger partial charge in [-0.05, 0) is 61.8 Å². The van der Waals surface area contributed by atoms with Gasteiger partial charge in [0.05, 0.1) is 0 Å². The van der Waals surface area contributed by atoms with Crippen molar-refractivity contribution < 1.29 is 9.59 Å². The summed E-state index contributed by atoms with van der Waals surface area (Å²) in [5, 5.41) is 6.67. The van der Waals surface area contributed by atoms with Gasteiger partial charge in [-0.3, -0.25) is 9.59 Å². The molecule has 2 unspecified atom stereocenters. The number of hydrogen-bond donors (Lipinski definition) is 2. The van der Waals surface area contributed by atoms with Crippen molar-refractivity contribution >= 4 is 35.6 Å². The first-order valence-corrected chi connectivity index (χ1v) is 9.05. The molecule has 2 amide bonds. The molecule has 0 aliphatic carbocycles. The number of fused-ring (bicyclic) bond motifs is 3. The van der Waals surface area contributed by atoms with Gasteiger partial charge in [-0.1, -0.05) is 0 Å². The van der Waals surface area contributed by atoms with Gasteiger partial charge in [-0.15, -0.1) is 12.4 Å². The number of carbonyl (C=O) groups is 2. The molecule has 3 aliphatic rings. The van der Waals surface area contributed by atoms with E-state index >= 15 is 0 Å². The average Bonchev–Trinajstić information content (AvgIpc) is 3.10. The molecule has 2 saturated heterocycles. The van der Waals surface area contributed by atoms with Crippen LogP contribution in [0.5, 0.6) is 0 Å². The number of hydrogen-bond acceptors (Lipinski definition) is 3. The Labute approximate surface area is 154 Å². The maximum atomic E-state index is 12.4. The number of rotatable bonds is 3. The molecule has 136 valence electrons. The van der Waals surface area contributed by atoms with E-state index in [0.717, 1.165) is 42.7 Å². The molecular weight excluding hydrogens is 338 g/mol. The lowest BCUT2D eigenvalue weighted by Crippen LogP contribution is -2.39. The lowest BCUT2D eigenvalue weighted by molar-refractivity contribution is -0.117. The highest BCUT2D eigenvalue weighted by atomic mass is 35.5. The second-order valence-corrected chi connectivity index (χ2v) is 7.49. The molecule has 1 aromatic rings. The number of benzene rings is 1. The second-order valence-electron chi connectivity index (χ2n) is 7.49. The van der Waals surface area contributed by atoms with E-state index in [1.165, 1.54) is 12.8 Å². The maximum Gasteiger partial charge on any atom is 0.224 e. The third kappa shape index (κ3) is 3.82. The zero-order valence-electron chi connectivity index (χ0n) is 14.6. The summed E-state index contributed by atoms with van der Waals surface area (Å²) in [7, 11) is 0. The van der Waals surface area contributed by atoms with Crippen LogP contribution in [0.4, 0.5) is 11.4 Å². The van der Waals surface area contributed by atoms with Crippen molar-refractivity contribution in [2.75, 3.05) is 16.8 Å². The van der Waals surface area contributed by atoms with Crippen LogP contribution >= 0.6 is 12.4 Å². The Hall–Kier alpha value is -1.59. The predicted octanol–water partition coefficient (Wildman–Crippen LogP) is 2.88. The summed E-state index contributed by atoms with van der Waals surface area (Å²) in [6.07, 6.45) is 6.26. The van der Waals surface area contributed by atoms with E-state index in [4.69, 9.17) is 0 Å². The van der Waals surface area contributed by atoms with Crippen molar-refractivity contribution in [3.63, 3.8) is 0 Å². The Morgan fingerprint density at radius 2 is 1.96 bits per heavy atom. The number of nitrogens with one attached hydrogen (secondary N) is 2. The number of carbonyl (C=O) groups excluding carboxylic acids is 2. The maximum absolute atomic E-state index is 12.4. The summed E-state index contributed by atoms with van der Waals surface area (Å²) in [5.41, 5.74) is 2.97. The molecule has 0 aromatic heterocycles. The van der Waals surface area contributed by atoms with Gasteiger partial charge in [0.25, 0.3) is 0 Å². The van der Waals surface area contributed by atoms with Crippen molar-refractivity contribution in [3.05, 3.63) is 23.8 Å². The third-order valence-electron chi connectivity index (χ3n) is 5.68. The van der Waals surface area contributed by atoms with Crippen LogP contribution in [0.1, 0.15) is 44.6 Å². The Morgan fingerprint density at radius 3 is 2.64 bits per heavy atom. The normalized spacial score (nSPS) is 26.8. The Morgan fingerprint density at radius 1 is 1.24 bits per heavy atom. The number of amides is 2. The standard InChI is InChI=1S/C19H25N3O2.ClH/c1-12(23)22-7-6-14-11-17(4-5-18(14)22)21-19(24)10-13-8-15-2-3-16(9-13)20-15;/h4-5,11,13,15-16,20H,2-3,6-10H2,1H3,(H,21,24);1H. The highest BCUT2D eigenvalue weighted by Gasteiger charge is 2.34. The monoisotopic (exact) mass is 363 g/mol. The Balaban J connectivity index is 0.00000182. The SMILES string of the molecule is CC(=O)N1CCc2cc(NC(=O)CC3CC4CCC(C3)N4)ccc21.Cl. The van der Waals surface area contributed by atoms with Crippen molar-refractivity contribution in [2.24, 2.45) is 5.92 Å². The number of nitrogens with zero attached hydrogens (tertiary/aromatic N) is 1. The van der Waals surface area contributed by atoms with Crippen molar-refractivity contribution in [1.29, 1.82) is 0 Å². The molecule has 25 heavy (non-hydrogen) atoms. The fourth-order valence-corrected chi connectivity index (χ4v) is 4.62. The molecule has 3 aliphatic heterocycles. The molecule has 6 heteroatoms. The van der Waals surface area contributed by atoms with E-state index in [0.29, 0.717) is 24.4 Å². The van der Waals surface area contributed by atoms with Crippen LogP contribution < -0.4 is 15.5 Å². The molecule has 0 saturated carbocycles. The largest absolute Gasteiger partial charge is 0.326 e. The predicted molar refractivity (Wildman–Crippen MR) is 101 cm³/mol. The van der Waals surface area contributed by atoms with Crippen LogP contribution in [0.25, 0.3) is 0 Å². The molecule has 4 rings (SSSR count). The number of piperidine rings is 1. The van der Waals surface area contributed by atoms with Crippen molar-refractivity contribution in [3.8, 4) is 0 Å². The van der Waals surface area contributed by atoms with Gasteiger partial charge < -0.3 is 15.5 Å². The first-order chi connectivity index (χ1) is 11.6. The van der Waals surface area contributed by atoms with Crippen molar-refractivity contribution in [1.82, 2.24) is 5.32 Å². The molecule has 2 fully saturated rings. The number of halogens is 1. The number of anilines is 2. The zero-order chi connectivity index (χ0) is 16.7.